The molecule has 0 saturated heterocycles. The van der Waals surface area contributed by atoms with Crippen LogP contribution in [-0.2, 0) is 0 Å². The maximum Gasteiger partial charge on any atom is 0.124 e. The molecule has 0 N–H and O–H groups in total. The van der Waals surface area contributed by atoms with E-state index in [1.165, 1.54) is 11.1 Å². The van der Waals surface area contributed by atoms with Crippen molar-refractivity contribution in [2.24, 2.45) is 11.8 Å². The second-order valence-corrected chi connectivity index (χ2v) is 8.33. The second-order valence-electron chi connectivity index (χ2n) is 8.33. The van der Waals surface area contributed by atoms with Gasteiger partial charge in [-0.2, -0.15) is 0 Å². The molecule has 0 unspecified atom stereocenters. The molecule has 1 heterocycles. The van der Waals surface area contributed by atoms with Crippen molar-refractivity contribution in [1.82, 2.24) is 9.80 Å². The summed E-state index contributed by atoms with van der Waals surface area (Å²) in [6.07, 6.45) is 4.45. The number of rotatable bonds is 8. The second kappa shape index (κ2) is 9.25. The highest BCUT2D eigenvalue weighted by Crippen LogP contribution is 2.40. The van der Waals surface area contributed by atoms with Gasteiger partial charge in [0.05, 0.1) is 33.0 Å². The highest BCUT2D eigenvalue weighted by atomic mass is 16.5. The van der Waals surface area contributed by atoms with Crippen LogP contribution in [0.3, 0.4) is 0 Å². The van der Waals surface area contributed by atoms with E-state index in [4.69, 9.17) is 9.47 Å². The lowest BCUT2D eigenvalue weighted by molar-refractivity contribution is 0.129. The van der Waals surface area contributed by atoms with Crippen LogP contribution in [0.5, 0.6) is 11.5 Å². The fraction of sp³-hybridized carbons (Fsp3) is 0.440. The topological polar surface area (TPSA) is 24.9 Å². The van der Waals surface area contributed by atoms with Crippen LogP contribution in [0.4, 0.5) is 0 Å². The van der Waals surface area contributed by atoms with Crippen molar-refractivity contribution in [3.8, 4) is 11.5 Å². The molecular weight excluding hydrogens is 360 g/mol. The number of methoxy groups -OCH3 is 2. The van der Waals surface area contributed by atoms with Gasteiger partial charge in [0, 0.05) is 23.5 Å². The summed E-state index contributed by atoms with van der Waals surface area (Å²) in [6.45, 7) is 9.92. The summed E-state index contributed by atoms with van der Waals surface area (Å²) in [4.78, 5) is 4.85. The number of benzene rings is 2. The molecule has 2 atom stereocenters. The summed E-state index contributed by atoms with van der Waals surface area (Å²) in [7, 11) is 3.50. The van der Waals surface area contributed by atoms with Crippen LogP contribution in [-0.4, -0.2) is 30.7 Å². The van der Waals surface area contributed by atoms with Crippen molar-refractivity contribution in [2.75, 3.05) is 20.9 Å². The lowest BCUT2D eigenvalue weighted by Crippen LogP contribution is -2.35. The van der Waals surface area contributed by atoms with Gasteiger partial charge in [0.2, 0.25) is 0 Å². The van der Waals surface area contributed by atoms with Crippen LogP contribution in [0.25, 0.3) is 0 Å². The zero-order valence-electron chi connectivity index (χ0n) is 18.5. The first-order chi connectivity index (χ1) is 14.0. The molecule has 1 aliphatic heterocycles. The van der Waals surface area contributed by atoms with E-state index >= 15 is 0 Å². The molecule has 0 aromatic heterocycles. The van der Waals surface area contributed by atoms with E-state index in [-0.39, 0.29) is 12.1 Å². The molecule has 0 bridgehead atoms. The third-order valence-electron chi connectivity index (χ3n) is 5.67. The van der Waals surface area contributed by atoms with Crippen molar-refractivity contribution in [2.45, 2.75) is 39.8 Å². The average molecular weight is 395 g/mol. The Morgan fingerprint density at radius 2 is 1.03 bits per heavy atom. The van der Waals surface area contributed by atoms with Crippen LogP contribution in [0.2, 0.25) is 0 Å². The van der Waals surface area contributed by atoms with Gasteiger partial charge >= 0.3 is 0 Å². The lowest BCUT2D eigenvalue weighted by Gasteiger charge is -2.37. The minimum atomic E-state index is 0.248. The SMILES string of the molecule is COc1ccccc1[C@@H](C(C)C)N1C=CN([C@@H](c2ccccc2OC)C(C)C)C1. The molecule has 4 heteroatoms. The zero-order chi connectivity index (χ0) is 21.0. The minimum Gasteiger partial charge on any atom is -0.496 e. The third kappa shape index (κ3) is 4.36. The van der Waals surface area contributed by atoms with E-state index in [0.29, 0.717) is 11.8 Å². The van der Waals surface area contributed by atoms with Gasteiger partial charge in [-0.05, 0) is 24.0 Å². The van der Waals surface area contributed by atoms with E-state index in [9.17, 15) is 0 Å². The molecule has 1 aliphatic rings. The van der Waals surface area contributed by atoms with Crippen molar-refractivity contribution in [3.05, 3.63) is 72.1 Å². The highest BCUT2D eigenvalue weighted by Gasteiger charge is 2.32. The number of ether oxygens (including phenoxy) is 2. The van der Waals surface area contributed by atoms with Gasteiger partial charge in [-0.15, -0.1) is 0 Å². The van der Waals surface area contributed by atoms with Crippen molar-refractivity contribution < 1.29 is 9.47 Å². The predicted octanol–water partition coefficient (Wildman–Crippen LogP) is 5.84. The molecular formula is C25H34N2O2. The van der Waals surface area contributed by atoms with Gasteiger partial charge in [0.25, 0.3) is 0 Å². The maximum atomic E-state index is 5.67. The van der Waals surface area contributed by atoms with Crippen LogP contribution in [0.1, 0.15) is 50.9 Å². The summed E-state index contributed by atoms with van der Waals surface area (Å²) in [6, 6.07) is 17.2. The summed E-state index contributed by atoms with van der Waals surface area (Å²) in [5.74, 6) is 2.78. The molecule has 4 nitrogen and oxygen atoms in total. The predicted molar refractivity (Wildman–Crippen MR) is 119 cm³/mol. The molecule has 0 aliphatic carbocycles. The summed E-state index contributed by atoms with van der Waals surface area (Å²) >= 11 is 0. The fourth-order valence-electron chi connectivity index (χ4n) is 4.48. The van der Waals surface area contributed by atoms with Gasteiger partial charge in [0.1, 0.15) is 11.5 Å². The third-order valence-corrected chi connectivity index (χ3v) is 5.67. The molecule has 0 fully saturated rings. The first kappa shape index (κ1) is 21.1. The highest BCUT2D eigenvalue weighted by molar-refractivity contribution is 5.38. The summed E-state index contributed by atoms with van der Waals surface area (Å²) < 4.78 is 11.3. The standard InChI is InChI=1S/C25H34N2O2/c1-18(2)24(20-11-7-9-13-22(20)28-5)26-15-16-27(17-26)25(19(3)4)21-12-8-10-14-23(21)29-6/h7-16,18-19,24-25H,17H2,1-6H3/t24-,25-/m1/s1. The number of hydrogen-bond acceptors (Lipinski definition) is 4. The Morgan fingerprint density at radius 1 is 0.655 bits per heavy atom. The molecule has 2 aromatic carbocycles. The molecule has 0 amide bonds. The Bertz CT molecular complexity index is 764. The Labute approximate surface area is 175 Å². The zero-order valence-corrected chi connectivity index (χ0v) is 18.5. The lowest BCUT2D eigenvalue weighted by atomic mass is 9.93. The van der Waals surface area contributed by atoms with Crippen LogP contribution in [0, 0.1) is 11.8 Å². The van der Waals surface area contributed by atoms with Crippen LogP contribution >= 0.6 is 0 Å². The molecule has 2 aromatic rings. The Kier molecular flexibility index (Phi) is 6.73. The van der Waals surface area contributed by atoms with Crippen molar-refractivity contribution >= 4 is 0 Å². The van der Waals surface area contributed by atoms with Crippen LogP contribution < -0.4 is 9.47 Å². The molecule has 29 heavy (non-hydrogen) atoms. The number of para-hydroxylation sites is 2. The van der Waals surface area contributed by atoms with Gasteiger partial charge < -0.3 is 19.3 Å². The monoisotopic (exact) mass is 394 g/mol. The normalized spacial score (nSPS) is 15.9. The number of nitrogens with zero attached hydrogens (tertiary/aromatic N) is 2. The van der Waals surface area contributed by atoms with Crippen molar-refractivity contribution in [3.63, 3.8) is 0 Å². The van der Waals surface area contributed by atoms with E-state index in [0.717, 1.165) is 18.2 Å². The first-order valence-corrected chi connectivity index (χ1v) is 10.4. The van der Waals surface area contributed by atoms with E-state index in [1.807, 2.05) is 24.3 Å². The maximum absolute atomic E-state index is 5.67. The Morgan fingerprint density at radius 3 is 1.38 bits per heavy atom. The van der Waals surface area contributed by atoms with Crippen LogP contribution in [0.15, 0.2) is 60.9 Å². The molecule has 3 rings (SSSR count). The molecule has 156 valence electrons. The fourth-order valence-corrected chi connectivity index (χ4v) is 4.48. The quantitative estimate of drug-likeness (QED) is 0.561. The smallest absolute Gasteiger partial charge is 0.124 e. The Balaban J connectivity index is 1.89. The summed E-state index contributed by atoms with van der Waals surface area (Å²) in [5, 5.41) is 0. The average Bonchev–Trinajstić information content (AvgIpc) is 3.17. The first-order valence-electron chi connectivity index (χ1n) is 10.4. The largest absolute Gasteiger partial charge is 0.496 e. The molecule has 0 radical (unpaired) electrons. The van der Waals surface area contributed by atoms with E-state index in [1.54, 1.807) is 14.2 Å². The van der Waals surface area contributed by atoms with Crippen molar-refractivity contribution in [1.29, 1.82) is 0 Å². The Hall–Kier alpha value is -2.62. The van der Waals surface area contributed by atoms with Gasteiger partial charge in [0.15, 0.2) is 0 Å². The summed E-state index contributed by atoms with van der Waals surface area (Å²) in [5.41, 5.74) is 2.46. The van der Waals surface area contributed by atoms with Gasteiger partial charge in [-0.25, -0.2) is 0 Å². The number of hydrogen-bond donors (Lipinski definition) is 0. The van der Waals surface area contributed by atoms with E-state index in [2.05, 4.69) is 74.2 Å². The van der Waals surface area contributed by atoms with Gasteiger partial charge in [-0.3, -0.25) is 0 Å². The molecule has 0 spiro atoms. The minimum absolute atomic E-state index is 0.248. The van der Waals surface area contributed by atoms with Gasteiger partial charge in [-0.1, -0.05) is 64.1 Å². The van der Waals surface area contributed by atoms with E-state index < -0.39 is 0 Å². The molecule has 0 saturated carbocycles.